The number of hydrogen-bond acceptors (Lipinski definition) is 4. The van der Waals surface area contributed by atoms with Gasteiger partial charge in [0.25, 0.3) is 5.91 Å². The molecule has 35 heavy (non-hydrogen) atoms. The minimum absolute atomic E-state index is 0.0653. The molecule has 10 heteroatoms. The molecule has 1 unspecified atom stereocenters. The standard InChI is InChI=1S/C25H20F5NO4/c1-33-16-5-7-17(8-6-16)35-13-22(23-20(26)10-18(34-2)11-21(23)27)31-12-14-3-4-15(25(28,29)30)9-19(14)24(31)32/h3-11,22H,12-13H2,1-2H3. The van der Waals surface area contributed by atoms with E-state index < -0.39 is 40.9 Å². The molecule has 0 saturated carbocycles. The molecule has 1 heterocycles. The molecule has 4 rings (SSSR count). The lowest BCUT2D eigenvalue weighted by Crippen LogP contribution is -2.34. The SMILES string of the molecule is COc1ccc(OCC(c2c(F)cc(OC)cc2F)N2Cc3ccc(C(F)(F)F)cc3C2=O)cc1. The van der Waals surface area contributed by atoms with Crippen LogP contribution in [0.1, 0.15) is 33.1 Å². The lowest BCUT2D eigenvalue weighted by atomic mass is 10.0. The van der Waals surface area contributed by atoms with E-state index >= 15 is 8.78 Å². The lowest BCUT2D eigenvalue weighted by Gasteiger charge is -2.29. The molecule has 0 aliphatic carbocycles. The van der Waals surface area contributed by atoms with Crippen LogP contribution in [0, 0.1) is 11.6 Å². The van der Waals surface area contributed by atoms with Gasteiger partial charge in [-0.05, 0) is 42.0 Å². The van der Waals surface area contributed by atoms with Gasteiger partial charge in [0.2, 0.25) is 0 Å². The largest absolute Gasteiger partial charge is 0.497 e. The van der Waals surface area contributed by atoms with E-state index in [0.29, 0.717) is 17.1 Å². The molecular weight excluding hydrogens is 473 g/mol. The number of fused-ring (bicyclic) bond motifs is 1. The smallest absolute Gasteiger partial charge is 0.416 e. The van der Waals surface area contributed by atoms with Gasteiger partial charge in [-0.1, -0.05) is 6.07 Å². The van der Waals surface area contributed by atoms with Crippen LogP contribution in [-0.4, -0.2) is 31.6 Å². The Morgan fingerprint density at radius 2 is 1.49 bits per heavy atom. The third kappa shape index (κ3) is 4.87. The van der Waals surface area contributed by atoms with Gasteiger partial charge in [0, 0.05) is 29.8 Å². The van der Waals surface area contributed by atoms with Crippen molar-refractivity contribution >= 4 is 5.91 Å². The average Bonchev–Trinajstić information content (AvgIpc) is 3.16. The van der Waals surface area contributed by atoms with Gasteiger partial charge in [-0.3, -0.25) is 4.79 Å². The zero-order valence-electron chi connectivity index (χ0n) is 18.7. The first-order chi connectivity index (χ1) is 16.6. The van der Waals surface area contributed by atoms with Crippen molar-refractivity contribution in [3.8, 4) is 17.2 Å². The summed E-state index contributed by atoms with van der Waals surface area (Å²) in [5.74, 6) is -1.91. The fourth-order valence-electron chi connectivity index (χ4n) is 3.93. The second-order valence-electron chi connectivity index (χ2n) is 7.81. The number of benzene rings is 3. The Morgan fingerprint density at radius 1 is 0.886 bits per heavy atom. The van der Waals surface area contributed by atoms with Gasteiger partial charge in [-0.25, -0.2) is 8.78 Å². The molecular formula is C25H20F5NO4. The molecule has 1 amide bonds. The monoisotopic (exact) mass is 493 g/mol. The molecule has 3 aromatic carbocycles. The van der Waals surface area contributed by atoms with Gasteiger partial charge in [0.05, 0.1) is 25.8 Å². The van der Waals surface area contributed by atoms with Crippen molar-refractivity contribution in [2.24, 2.45) is 0 Å². The maximum absolute atomic E-state index is 15.0. The Hall–Kier alpha value is -3.82. The highest BCUT2D eigenvalue weighted by Crippen LogP contribution is 2.38. The topological polar surface area (TPSA) is 48.0 Å². The number of methoxy groups -OCH3 is 2. The Kier molecular flexibility index (Phi) is 6.56. The zero-order chi connectivity index (χ0) is 25.3. The van der Waals surface area contributed by atoms with Crippen LogP contribution in [0.2, 0.25) is 0 Å². The molecule has 0 N–H and O–H groups in total. The van der Waals surface area contributed by atoms with Crippen molar-refractivity contribution in [2.45, 2.75) is 18.8 Å². The molecule has 0 radical (unpaired) electrons. The zero-order valence-corrected chi connectivity index (χ0v) is 18.7. The van der Waals surface area contributed by atoms with Gasteiger partial charge in [-0.15, -0.1) is 0 Å². The normalized spacial score (nSPS) is 14.0. The number of nitrogens with zero attached hydrogens (tertiary/aromatic N) is 1. The fourth-order valence-corrected chi connectivity index (χ4v) is 3.93. The molecule has 1 aliphatic heterocycles. The maximum Gasteiger partial charge on any atom is 0.416 e. The summed E-state index contributed by atoms with van der Waals surface area (Å²) in [5.41, 5.74) is -1.31. The minimum atomic E-state index is -4.65. The Morgan fingerprint density at radius 3 is 2.06 bits per heavy atom. The highest BCUT2D eigenvalue weighted by Gasteiger charge is 2.39. The van der Waals surface area contributed by atoms with Crippen LogP contribution in [0.3, 0.4) is 0 Å². The van der Waals surface area contributed by atoms with Crippen LogP contribution in [0.4, 0.5) is 22.0 Å². The van der Waals surface area contributed by atoms with Crippen molar-refractivity contribution < 1.29 is 41.0 Å². The predicted molar refractivity (Wildman–Crippen MR) is 115 cm³/mol. The number of halogens is 5. The number of amides is 1. The van der Waals surface area contributed by atoms with Crippen LogP contribution in [-0.2, 0) is 12.7 Å². The summed E-state index contributed by atoms with van der Waals surface area (Å²) in [6.07, 6.45) is -4.65. The van der Waals surface area contributed by atoms with E-state index in [1.54, 1.807) is 24.3 Å². The number of rotatable bonds is 7. The molecule has 5 nitrogen and oxygen atoms in total. The first kappa shape index (κ1) is 24.3. The summed E-state index contributed by atoms with van der Waals surface area (Å²) in [5, 5.41) is 0. The molecule has 0 saturated heterocycles. The van der Waals surface area contributed by atoms with E-state index in [9.17, 15) is 18.0 Å². The van der Waals surface area contributed by atoms with Gasteiger partial charge in [-0.2, -0.15) is 13.2 Å². The van der Waals surface area contributed by atoms with Gasteiger partial charge < -0.3 is 19.1 Å². The summed E-state index contributed by atoms with van der Waals surface area (Å²) in [4.78, 5) is 14.2. The van der Waals surface area contributed by atoms with Crippen LogP contribution >= 0.6 is 0 Å². The van der Waals surface area contributed by atoms with Crippen molar-refractivity contribution in [1.82, 2.24) is 4.90 Å². The second-order valence-corrected chi connectivity index (χ2v) is 7.81. The van der Waals surface area contributed by atoms with Crippen LogP contribution in [0.15, 0.2) is 54.6 Å². The van der Waals surface area contributed by atoms with E-state index in [-0.39, 0.29) is 24.5 Å². The Bertz CT molecular complexity index is 1220. The molecule has 0 bridgehead atoms. The number of carbonyl (C=O) groups excluding carboxylic acids is 1. The summed E-state index contributed by atoms with van der Waals surface area (Å²) in [6, 6.07) is 9.85. The van der Waals surface area contributed by atoms with Gasteiger partial charge >= 0.3 is 6.18 Å². The lowest BCUT2D eigenvalue weighted by molar-refractivity contribution is -0.137. The highest BCUT2D eigenvalue weighted by atomic mass is 19.4. The molecule has 3 aromatic rings. The van der Waals surface area contributed by atoms with E-state index in [0.717, 1.165) is 29.2 Å². The first-order valence-corrected chi connectivity index (χ1v) is 10.4. The summed E-state index contributed by atoms with van der Waals surface area (Å²) >= 11 is 0. The number of alkyl halides is 3. The second kappa shape index (κ2) is 9.44. The fraction of sp³-hybridized carbons (Fsp3) is 0.240. The van der Waals surface area contributed by atoms with Crippen LogP contribution in [0.25, 0.3) is 0 Å². The first-order valence-electron chi connectivity index (χ1n) is 10.4. The summed E-state index contributed by atoms with van der Waals surface area (Å²) < 4.78 is 85.3. The quantitative estimate of drug-likeness (QED) is 0.392. The molecule has 0 spiro atoms. The minimum Gasteiger partial charge on any atom is -0.497 e. The maximum atomic E-state index is 15.0. The molecule has 1 atom stereocenters. The molecule has 0 aromatic heterocycles. The van der Waals surface area contributed by atoms with Crippen molar-refractivity contribution in [3.63, 3.8) is 0 Å². The molecule has 0 fully saturated rings. The van der Waals surface area contributed by atoms with Gasteiger partial charge in [0.15, 0.2) is 0 Å². The molecule has 184 valence electrons. The van der Waals surface area contributed by atoms with Crippen LogP contribution < -0.4 is 14.2 Å². The third-order valence-corrected chi connectivity index (χ3v) is 5.73. The number of hydrogen-bond donors (Lipinski definition) is 0. The van der Waals surface area contributed by atoms with E-state index in [4.69, 9.17) is 14.2 Å². The number of carbonyl (C=O) groups is 1. The summed E-state index contributed by atoms with van der Waals surface area (Å²) in [7, 11) is 2.74. The van der Waals surface area contributed by atoms with E-state index in [1.165, 1.54) is 20.3 Å². The molecule has 1 aliphatic rings. The van der Waals surface area contributed by atoms with E-state index in [2.05, 4.69) is 0 Å². The number of ether oxygens (including phenoxy) is 3. The van der Waals surface area contributed by atoms with Crippen LogP contribution in [0.5, 0.6) is 17.2 Å². The Balaban J connectivity index is 1.70. The Labute approximate surface area is 197 Å². The van der Waals surface area contributed by atoms with Crippen molar-refractivity contribution in [2.75, 3.05) is 20.8 Å². The van der Waals surface area contributed by atoms with E-state index in [1.807, 2.05) is 0 Å². The van der Waals surface area contributed by atoms with Crippen molar-refractivity contribution in [3.05, 3.63) is 88.5 Å². The third-order valence-electron chi connectivity index (χ3n) is 5.73. The predicted octanol–water partition coefficient (Wildman–Crippen LogP) is 5.78. The van der Waals surface area contributed by atoms with Crippen molar-refractivity contribution in [1.29, 1.82) is 0 Å². The highest BCUT2D eigenvalue weighted by molar-refractivity contribution is 5.98. The van der Waals surface area contributed by atoms with Gasteiger partial charge in [0.1, 0.15) is 35.5 Å². The summed E-state index contributed by atoms with van der Waals surface area (Å²) in [6.45, 7) is -0.508. The average molecular weight is 493 g/mol.